The van der Waals surface area contributed by atoms with Gasteiger partial charge in [-0.05, 0) is 61.1 Å². The van der Waals surface area contributed by atoms with Crippen LogP contribution in [0.3, 0.4) is 0 Å². The van der Waals surface area contributed by atoms with Gasteiger partial charge in [-0.2, -0.15) is 0 Å². The molecule has 5 heteroatoms. The van der Waals surface area contributed by atoms with E-state index in [1.165, 1.54) is 6.07 Å². The van der Waals surface area contributed by atoms with Crippen LogP contribution in [0.2, 0.25) is 0 Å². The summed E-state index contributed by atoms with van der Waals surface area (Å²) >= 11 is 0. The van der Waals surface area contributed by atoms with E-state index in [2.05, 4.69) is 16.3 Å². The summed E-state index contributed by atoms with van der Waals surface area (Å²) in [6.45, 7) is 6.68. The van der Waals surface area contributed by atoms with Crippen LogP contribution in [0.4, 0.5) is 4.39 Å². The molecule has 1 heterocycles. The minimum absolute atomic E-state index is 0.0744. The average Bonchev–Trinajstić information content (AvgIpc) is 2.70. The number of nitrogens with one attached hydrogen (secondary N) is 1. The Kier molecular flexibility index (Phi) is 6.68. The van der Waals surface area contributed by atoms with Gasteiger partial charge in [0.1, 0.15) is 11.6 Å². The highest BCUT2D eigenvalue weighted by atomic mass is 19.1. The molecule has 0 bridgehead atoms. The Bertz CT molecular complexity index is 824. The molecule has 1 amide bonds. The van der Waals surface area contributed by atoms with Crippen molar-refractivity contribution in [1.29, 1.82) is 0 Å². The number of nitrogens with zero attached hydrogens (tertiary/aromatic N) is 1. The second kappa shape index (κ2) is 9.20. The molecule has 28 heavy (non-hydrogen) atoms. The Morgan fingerprint density at radius 1 is 1.25 bits per heavy atom. The molecule has 0 spiro atoms. The summed E-state index contributed by atoms with van der Waals surface area (Å²) in [5.41, 5.74) is 2.91. The molecule has 2 atom stereocenters. The summed E-state index contributed by atoms with van der Waals surface area (Å²) < 4.78 is 19.1. The fourth-order valence-electron chi connectivity index (χ4n) is 4.02. The maximum atomic E-state index is 13.7. The number of methoxy groups -OCH3 is 1. The number of amides is 1. The molecular formula is C23H29FN2O2. The van der Waals surface area contributed by atoms with Crippen LogP contribution in [0.5, 0.6) is 5.75 Å². The molecule has 2 aromatic rings. The van der Waals surface area contributed by atoms with Gasteiger partial charge in [-0.3, -0.25) is 9.69 Å². The summed E-state index contributed by atoms with van der Waals surface area (Å²) in [6, 6.07) is 13.3. The van der Waals surface area contributed by atoms with Crippen molar-refractivity contribution in [2.24, 2.45) is 5.92 Å². The van der Waals surface area contributed by atoms with E-state index in [-0.39, 0.29) is 23.6 Å². The zero-order valence-corrected chi connectivity index (χ0v) is 16.9. The molecule has 1 aliphatic rings. The fourth-order valence-corrected chi connectivity index (χ4v) is 4.02. The summed E-state index contributed by atoms with van der Waals surface area (Å²) in [5, 5.41) is 2.96. The van der Waals surface area contributed by atoms with Crippen LogP contribution in [0.25, 0.3) is 0 Å². The zero-order chi connectivity index (χ0) is 20.1. The third-order valence-corrected chi connectivity index (χ3v) is 5.44. The minimum atomic E-state index is -0.187. The number of carbonyl (C=O) groups is 1. The number of ether oxygens (including phenoxy) is 1. The monoisotopic (exact) mass is 384 g/mol. The summed E-state index contributed by atoms with van der Waals surface area (Å²) in [6.07, 6.45) is 0.783. The lowest BCUT2D eigenvalue weighted by atomic mass is 9.83. The highest BCUT2D eigenvalue weighted by Crippen LogP contribution is 2.32. The van der Waals surface area contributed by atoms with E-state index in [4.69, 9.17) is 4.74 Å². The van der Waals surface area contributed by atoms with Gasteiger partial charge in [-0.1, -0.05) is 24.3 Å². The van der Waals surface area contributed by atoms with Crippen LogP contribution in [-0.2, 0) is 11.3 Å². The number of benzene rings is 2. The van der Waals surface area contributed by atoms with E-state index in [1.807, 2.05) is 37.3 Å². The molecule has 0 radical (unpaired) electrons. The van der Waals surface area contributed by atoms with Crippen molar-refractivity contribution in [2.45, 2.75) is 32.7 Å². The topological polar surface area (TPSA) is 41.6 Å². The van der Waals surface area contributed by atoms with E-state index in [9.17, 15) is 9.18 Å². The number of rotatable bonds is 6. The van der Waals surface area contributed by atoms with Crippen molar-refractivity contribution in [1.82, 2.24) is 10.2 Å². The molecule has 1 saturated heterocycles. The first kappa shape index (κ1) is 20.3. The van der Waals surface area contributed by atoms with Crippen LogP contribution >= 0.6 is 0 Å². The molecule has 0 aromatic heterocycles. The molecule has 3 rings (SSSR count). The molecule has 1 fully saturated rings. The summed E-state index contributed by atoms with van der Waals surface area (Å²) in [7, 11) is 1.66. The first-order valence-electron chi connectivity index (χ1n) is 9.89. The highest BCUT2D eigenvalue weighted by molar-refractivity contribution is 5.79. The zero-order valence-electron chi connectivity index (χ0n) is 16.9. The Morgan fingerprint density at radius 3 is 2.79 bits per heavy atom. The summed E-state index contributed by atoms with van der Waals surface area (Å²) in [4.78, 5) is 14.9. The predicted octanol–water partition coefficient (Wildman–Crippen LogP) is 3.88. The Hall–Kier alpha value is -2.40. The summed E-state index contributed by atoms with van der Waals surface area (Å²) in [5.74, 6) is 0.871. The van der Waals surface area contributed by atoms with Crippen LogP contribution in [0.15, 0.2) is 42.5 Å². The number of carbonyl (C=O) groups excluding carboxylic acids is 1. The van der Waals surface area contributed by atoms with E-state index in [0.717, 1.165) is 42.9 Å². The Balaban J connectivity index is 1.82. The van der Waals surface area contributed by atoms with Gasteiger partial charge in [0, 0.05) is 26.2 Å². The maximum Gasteiger partial charge on any atom is 0.224 e. The van der Waals surface area contributed by atoms with E-state index < -0.39 is 0 Å². The maximum absolute atomic E-state index is 13.7. The Labute approximate surface area is 166 Å². The SMILES string of the molecule is CCNC(=O)[C@@H]1C[C@H](c2ccc(F)c(C)c2)CN(Cc2cccc(OC)c2)C1. The van der Waals surface area contributed by atoms with Gasteiger partial charge in [0.15, 0.2) is 0 Å². The third kappa shape index (κ3) is 4.90. The second-order valence-corrected chi connectivity index (χ2v) is 7.58. The molecule has 4 nitrogen and oxygen atoms in total. The lowest BCUT2D eigenvalue weighted by Gasteiger charge is -2.37. The normalized spacial score (nSPS) is 20.0. The first-order valence-corrected chi connectivity index (χ1v) is 9.89. The molecule has 1 aliphatic heterocycles. The average molecular weight is 384 g/mol. The Morgan fingerprint density at radius 2 is 2.07 bits per heavy atom. The van der Waals surface area contributed by atoms with Crippen LogP contribution in [0.1, 0.15) is 36.0 Å². The number of hydrogen-bond acceptors (Lipinski definition) is 3. The molecule has 0 aliphatic carbocycles. The number of piperidine rings is 1. The van der Waals surface area contributed by atoms with Crippen molar-refractivity contribution >= 4 is 5.91 Å². The van der Waals surface area contributed by atoms with Crippen LogP contribution < -0.4 is 10.1 Å². The van der Waals surface area contributed by atoms with Crippen molar-refractivity contribution in [3.05, 3.63) is 65.0 Å². The van der Waals surface area contributed by atoms with Gasteiger partial charge in [0.05, 0.1) is 13.0 Å². The van der Waals surface area contributed by atoms with Crippen molar-refractivity contribution in [3.8, 4) is 5.75 Å². The number of aryl methyl sites for hydroxylation is 1. The van der Waals surface area contributed by atoms with Gasteiger partial charge in [0.2, 0.25) is 5.91 Å². The molecule has 150 valence electrons. The van der Waals surface area contributed by atoms with Gasteiger partial charge in [-0.25, -0.2) is 4.39 Å². The number of hydrogen-bond donors (Lipinski definition) is 1. The lowest BCUT2D eigenvalue weighted by molar-refractivity contribution is -0.127. The smallest absolute Gasteiger partial charge is 0.224 e. The minimum Gasteiger partial charge on any atom is -0.497 e. The van der Waals surface area contributed by atoms with E-state index in [1.54, 1.807) is 14.0 Å². The molecule has 0 saturated carbocycles. The highest BCUT2D eigenvalue weighted by Gasteiger charge is 2.32. The molecule has 1 N–H and O–H groups in total. The number of likely N-dealkylation sites (tertiary alicyclic amines) is 1. The largest absolute Gasteiger partial charge is 0.497 e. The molecule has 0 unspecified atom stereocenters. The fraction of sp³-hybridized carbons (Fsp3) is 0.435. The second-order valence-electron chi connectivity index (χ2n) is 7.58. The third-order valence-electron chi connectivity index (χ3n) is 5.44. The van der Waals surface area contributed by atoms with Gasteiger partial charge in [0.25, 0.3) is 0 Å². The predicted molar refractivity (Wildman–Crippen MR) is 109 cm³/mol. The molecule has 2 aromatic carbocycles. The van der Waals surface area contributed by atoms with Crippen LogP contribution in [0, 0.1) is 18.7 Å². The van der Waals surface area contributed by atoms with E-state index >= 15 is 0 Å². The first-order chi connectivity index (χ1) is 13.5. The van der Waals surface area contributed by atoms with Crippen LogP contribution in [-0.4, -0.2) is 37.6 Å². The van der Waals surface area contributed by atoms with Gasteiger partial charge >= 0.3 is 0 Å². The van der Waals surface area contributed by atoms with Crippen molar-refractivity contribution in [3.63, 3.8) is 0 Å². The number of halogens is 1. The standard InChI is InChI=1S/C23H29FN2O2/c1-4-25-23(27)20-12-19(18-8-9-22(24)16(2)10-18)14-26(15-20)13-17-6-5-7-21(11-17)28-3/h5-11,19-20H,4,12-15H2,1-3H3,(H,25,27)/t19-,20+/m0/s1. The lowest BCUT2D eigenvalue weighted by Crippen LogP contribution is -2.45. The quantitative estimate of drug-likeness (QED) is 0.822. The van der Waals surface area contributed by atoms with E-state index in [0.29, 0.717) is 12.1 Å². The van der Waals surface area contributed by atoms with Gasteiger partial charge in [-0.15, -0.1) is 0 Å². The van der Waals surface area contributed by atoms with Crippen molar-refractivity contribution in [2.75, 3.05) is 26.7 Å². The van der Waals surface area contributed by atoms with Gasteiger partial charge < -0.3 is 10.1 Å². The molecular weight excluding hydrogens is 355 g/mol. The van der Waals surface area contributed by atoms with Crippen molar-refractivity contribution < 1.29 is 13.9 Å².